The van der Waals surface area contributed by atoms with E-state index >= 15 is 0 Å². The molecule has 10 nitrogen and oxygen atoms in total. The molecule has 11 heteroatoms. The summed E-state index contributed by atoms with van der Waals surface area (Å²) in [5, 5.41) is 6.00. The second-order valence-corrected chi connectivity index (χ2v) is 10.8. The van der Waals surface area contributed by atoms with Gasteiger partial charge in [0.1, 0.15) is 11.4 Å². The summed E-state index contributed by atoms with van der Waals surface area (Å²) in [7, 11) is 5.72. The highest BCUT2D eigenvalue weighted by Gasteiger charge is 2.28. The minimum Gasteiger partial charge on any atom is -0.476 e. The predicted octanol–water partition coefficient (Wildman–Crippen LogP) is 4.11. The molecule has 1 aromatic carbocycles. The monoisotopic (exact) mass is 556 g/mol. The number of aromatic nitrogens is 3. The Morgan fingerprint density at radius 3 is 2.36 bits per heavy atom. The standard InChI is InChI=1S/C28H37ClN6O4/c1-7-39-26-21(15-19(29)18-30-26)31-23(36)16-28(2,3)17-24(37)32-25-22(13-14-33(4)5)34(6)35(27(25)38)20-11-9-8-10-12-20/h8-12,15,18H,7,13-14,16-17H2,1-6H3,(H,31,36)(H,32,37). The van der Waals surface area contributed by atoms with E-state index in [9.17, 15) is 14.4 Å². The van der Waals surface area contributed by atoms with Crippen molar-refractivity contribution in [1.82, 2.24) is 19.2 Å². The smallest absolute Gasteiger partial charge is 0.295 e. The molecule has 0 aliphatic rings. The Bertz CT molecular complexity index is 1360. The fraction of sp³-hybridized carbons (Fsp3) is 0.429. The number of carbonyl (C=O) groups excluding carboxylic acids is 2. The van der Waals surface area contributed by atoms with Gasteiger partial charge in [0.2, 0.25) is 17.7 Å². The van der Waals surface area contributed by atoms with Crippen LogP contribution in [0.25, 0.3) is 5.69 Å². The van der Waals surface area contributed by atoms with Crippen molar-refractivity contribution in [2.75, 3.05) is 37.9 Å². The van der Waals surface area contributed by atoms with E-state index in [4.69, 9.17) is 16.3 Å². The second kappa shape index (κ2) is 12.9. The van der Waals surface area contributed by atoms with Crippen molar-refractivity contribution >= 4 is 34.8 Å². The quantitative estimate of drug-likeness (QED) is 0.347. The van der Waals surface area contributed by atoms with Crippen LogP contribution in [0.15, 0.2) is 47.4 Å². The summed E-state index contributed by atoms with van der Waals surface area (Å²) in [5.74, 6) is -0.383. The number of anilines is 2. The molecule has 0 atom stereocenters. The third-order valence-corrected chi connectivity index (χ3v) is 6.30. The fourth-order valence-electron chi connectivity index (χ4n) is 4.33. The maximum atomic E-state index is 13.5. The molecule has 0 saturated carbocycles. The van der Waals surface area contributed by atoms with Gasteiger partial charge >= 0.3 is 0 Å². The highest BCUT2D eigenvalue weighted by Crippen LogP contribution is 2.29. The lowest BCUT2D eigenvalue weighted by molar-refractivity contribution is -0.120. The van der Waals surface area contributed by atoms with Crippen LogP contribution in [-0.2, 0) is 23.1 Å². The van der Waals surface area contributed by atoms with Gasteiger partial charge in [-0.15, -0.1) is 0 Å². The highest BCUT2D eigenvalue weighted by atomic mass is 35.5. The molecular weight excluding hydrogens is 520 g/mol. The number of halogens is 1. The van der Waals surface area contributed by atoms with E-state index in [0.717, 1.165) is 5.69 Å². The van der Waals surface area contributed by atoms with Crippen LogP contribution in [-0.4, -0.2) is 58.3 Å². The molecule has 0 aliphatic heterocycles. The Hall–Kier alpha value is -3.63. The summed E-state index contributed by atoms with van der Waals surface area (Å²) in [6, 6.07) is 10.9. The number of amides is 2. The molecule has 3 aromatic rings. The molecule has 2 aromatic heterocycles. The lowest BCUT2D eigenvalue weighted by Gasteiger charge is -2.23. The SMILES string of the molecule is CCOc1ncc(Cl)cc1NC(=O)CC(C)(C)CC(=O)Nc1c(CCN(C)C)n(C)n(-c2ccccc2)c1=O. The predicted molar refractivity (Wildman–Crippen MR) is 154 cm³/mol. The van der Waals surface area contributed by atoms with Crippen LogP contribution in [0.3, 0.4) is 0 Å². The van der Waals surface area contributed by atoms with Crippen LogP contribution in [0.5, 0.6) is 5.88 Å². The fourth-order valence-corrected chi connectivity index (χ4v) is 4.49. The van der Waals surface area contributed by atoms with Crippen LogP contribution in [0.4, 0.5) is 11.4 Å². The van der Waals surface area contributed by atoms with Gasteiger partial charge in [0.25, 0.3) is 5.56 Å². The first-order valence-corrected chi connectivity index (χ1v) is 13.2. The summed E-state index contributed by atoms with van der Waals surface area (Å²) in [5.41, 5.74) is 1.03. The molecule has 0 bridgehead atoms. The first-order chi connectivity index (χ1) is 18.4. The number of benzene rings is 1. The van der Waals surface area contributed by atoms with E-state index in [0.29, 0.717) is 36.0 Å². The largest absolute Gasteiger partial charge is 0.476 e. The molecule has 0 fully saturated rings. The normalized spacial score (nSPS) is 11.5. The summed E-state index contributed by atoms with van der Waals surface area (Å²) in [6.07, 6.45) is 2.09. The van der Waals surface area contributed by atoms with Gasteiger partial charge in [0, 0.05) is 39.1 Å². The number of nitrogens with one attached hydrogen (secondary N) is 2. The molecule has 0 saturated heterocycles. The lowest BCUT2D eigenvalue weighted by atomic mass is 9.85. The van der Waals surface area contributed by atoms with E-state index in [1.807, 2.05) is 77.1 Å². The Kier molecular flexibility index (Phi) is 9.93. The maximum absolute atomic E-state index is 13.5. The van der Waals surface area contributed by atoms with Gasteiger partial charge in [-0.05, 0) is 44.6 Å². The molecule has 0 spiro atoms. The van der Waals surface area contributed by atoms with Crippen LogP contribution < -0.4 is 20.9 Å². The Balaban J connectivity index is 1.77. The Labute approximate surface area is 233 Å². The van der Waals surface area contributed by atoms with E-state index in [-0.39, 0.29) is 41.8 Å². The molecule has 39 heavy (non-hydrogen) atoms. The molecule has 0 unspecified atom stereocenters. The maximum Gasteiger partial charge on any atom is 0.295 e. The van der Waals surface area contributed by atoms with Gasteiger partial charge in [0.05, 0.1) is 23.0 Å². The van der Waals surface area contributed by atoms with Gasteiger partial charge in [-0.1, -0.05) is 43.6 Å². The number of nitrogens with zero attached hydrogens (tertiary/aromatic N) is 4. The number of ether oxygens (including phenoxy) is 1. The molecule has 0 aliphatic carbocycles. The first kappa shape index (κ1) is 29.9. The number of rotatable bonds is 12. The van der Waals surface area contributed by atoms with Gasteiger partial charge in [-0.3, -0.25) is 19.1 Å². The summed E-state index contributed by atoms with van der Waals surface area (Å²) in [4.78, 5) is 45.7. The van der Waals surface area contributed by atoms with Gasteiger partial charge in [-0.2, -0.15) is 0 Å². The average molecular weight is 557 g/mol. The minimum absolute atomic E-state index is 0.0271. The lowest BCUT2D eigenvalue weighted by Crippen LogP contribution is -2.29. The van der Waals surface area contributed by atoms with E-state index in [1.165, 1.54) is 6.20 Å². The van der Waals surface area contributed by atoms with Crippen LogP contribution in [0.2, 0.25) is 5.02 Å². The Morgan fingerprint density at radius 1 is 1.10 bits per heavy atom. The molecule has 0 radical (unpaired) electrons. The zero-order valence-electron chi connectivity index (χ0n) is 23.4. The number of likely N-dealkylation sites (N-methyl/N-ethyl adjacent to an activating group) is 1. The van der Waals surface area contributed by atoms with Gasteiger partial charge in [0.15, 0.2) is 0 Å². The van der Waals surface area contributed by atoms with Crippen molar-refractivity contribution in [2.24, 2.45) is 12.5 Å². The zero-order valence-corrected chi connectivity index (χ0v) is 24.1. The topological polar surface area (TPSA) is 110 Å². The highest BCUT2D eigenvalue weighted by molar-refractivity contribution is 6.30. The van der Waals surface area contributed by atoms with Crippen LogP contribution in [0.1, 0.15) is 39.3 Å². The average Bonchev–Trinajstić information content (AvgIpc) is 3.07. The summed E-state index contributed by atoms with van der Waals surface area (Å²) < 4.78 is 8.80. The van der Waals surface area contributed by atoms with Crippen LogP contribution >= 0.6 is 11.6 Å². The number of para-hydroxylation sites is 1. The van der Waals surface area contributed by atoms with Crippen molar-refractivity contribution in [3.8, 4) is 11.6 Å². The molecular formula is C28H37ClN6O4. The minimum atomic E-state index is -0.705. The zero-order chi connectivity index (χ0) is 28.7. The number of pyridine rings is 1. The third-order valence-electron chi connectivity index (χ3n) is 6.10. The molecule has 210 valence electrons. The van der Waals surface area contributed by atoms with Crippen molar-refractivity contribution in [3.05, 3.63) is 63.7 Å². The van der Waals surface area contributed by atoms with Crippen molar-refractivity contribution in [2.45, 2.75) is 40.0 Å². The van der Waals surface area contributed by atoms with E-state index in [2.05, 4.69) is 15.6 Å². The van der Waals surface area contributed by atoms with Crippen molar-refractivity contribution < 1.29 is 14.3 Å². The van der Waals surface area contributed by atoms with Gasteiger partial charge < -0.3 is 20.3 Å². The molecule has 2 heterocycles. The van der Waals surface area contributed by atoms with E-state index < -0.39 is 5.41 Å². The van der Waals surface area contributed by atoms with Crippen molar-refractivity contribution in [3.63, 3.8) is 0 Å². The first-order valence-electron chi connectivity index (χ1n) is 12.8. The number of carbonyl (C=O) groups is 2. The molecule has 2 amide bonds. The summed E-state index contributed by atoms with van der Waals surface area (Å²) in [6.45, 7) is 6.54. The number of hydrogen-bond donors (Lipinski definition) is 2. The van der Waals surface area contributed by atoms with Gasteiger partial charge in [-0.25, -0.2) is 9.67 Å². The van der Waals surface area contributed by atoms with Crippen molar-refractivity contribution in [1.29, 1.82) is 0 Å². The summed E-state index contributed by atoms with van der Waals surface area (Å²) >= 11 is 6.04. The second-order valence-electron chi connectivity index (χ2n) is 10.4. The third kappa shape index (κ3) is 7.93. The molecule has 2 N–H and O–H groups in total. The number of hydrogen-bond acceptors (Lipinski definition) is 6. The van der Waals surface area contributed by atoms with Crippen LogP contribution in [0, 0.1) is 5.41 Å². The molecule has 3 rings (SSSR count). The van der Waals surface area contributed by atoms with E-state index in [1.54, 1.807) is 15.4 Å². The Morgan fingerprint density at radius 2 is 1.74 bits per heavy atom.